The van der Waals surface area contributed by atoms with E-state index in [9.17, 15) is 14.4 Å². The van der Waals surface area contributed by atoms with Crippen LogP contribution in [-0.4, -0.2) is 41.1 Å². The number of imide groups is 1. The van der Waals surface area contributed by atoms with Crippen molar-refractivity contribution in [3.63, 3.8) is 0 Å². The van der Waals surface area contributed by atoms with Crippen LogP contribution in [0.2, 0.25) is 0 Å². The molecule has 17 heavy (non-hydrogen) atoms. The van der Waals surface area contributed by atoms with Crippen molar-refractivity contribution in [2.45, 2.75) is 6.92 Å². The molecule has 1 fully saturated rings. The number of H-pyrrole nitrogens is 1. The smallest absolute Gasteiger partial charge is 0.354 e. The number of ether oxygens (including phenoxy) is 1. The van der Waals surface area contributed by atoms with Gasteiger partial charge >= 0.3 is 5.97 Å². The minimum Gasteiger partial charge on any atom is -0.477 e. The third-order valence-electron chi connectivity index (χ3n) is 2.34. The van der Waals surface area contributed by atoms with Crippen LogP contribution in [0.5, 0.6) is 0 Å². The standard InChI is InChI=1S/C10H10N2O5/c1-5-2-6(9(11-5)10(15)16)12-7(13)3-17-4-8(12)14/h2,11H,3-4H2,1H3,(H,15,16). The normalized spacial score (nSPS) is 16.4. The number of carboxylic acid groups (broad SMARTS) is 1. The summed E-state index contributed by atoms with van der Waals surface area (Å²) in [5, 5.41) is 8.97. The second-order valence-corrected chi connectivity index (χ2v) is 3.63. The zero-order chi connectivity index (χ0) is 12.6. The Balaban J connectivity index is 2.48. The second-order valence-electron chi connectivity index (χ2n) is 3.63. The fraction of sp³-hybridized carbons (Fsp3) is 0.300. The van der Waals surface area contributed by atoms with Gasteiger partial charge in [0.1, 0.15) is 18.9 Å². The zero-order valence-corrected chi connectivity index (χ0v) is 9.02. The summed E-state index contributed by atoms with van der Waals surface area (Å²) in [4.78, 5) is 37.5. The number of anilines is 1. The zero-order valence-electron chi connectivity index (χ0n) is 9.02. The van der Waals surface area contributed by atoms with Crippen molar-refractivity contribution in [1.82, 2.24) is 4.98 Å². The quantitative estimate of drug-likeness (QED) is 0.701. The minimum absolute atomic E-state index is 0.0632. The summed E-state index contributed by atoms with van der Waals surface area (Å²) in [5.41, 5.74) is 0.448. The van der Waals surface area contributed by atoms with Gasteiger partial charge < -0.3 is 14.8 Å². The van der Waals surface area contributed by atoms with E-state index in [1.54, 1.807) is 6.92 Å². The first kappa shape index (κ1) is 11.3. The van der Waals surface area contributed by atoms with E-state index in [1.165, 1.54) is 6.07 Å². The molecular formula is C10H10N2O5. The van der Waals surface area contributed by atoms with Gasteiger partial charge in [0.2, 0.25) is 0 Å². The van der Waals surface area contributed by atoms with Crippen molar-refractivity contribution in [3.8, 4) is 0 Å². The fourth-order valence-electron chi connectivity index (χ4n) is 1.68. The Hall–Kier alpha value is -2.15. The van der Waals surface area contributed by atoms with Crippen LogP contribution in [0.15, 0.2) is 6.07 Å². The van der Waals surface area contributed by atoms with Crippen molar-refractivity contribution in [2.24, 2.45) is 0 Å². The maximum atomic E-state index is 11.6. The Morgan fingerprint density at radius 3 is 2.53 bits per heavy atom. The average Bonchev–Trinajstić information content (AvgIpc) is 2.60. The van der Waals surface area contributed by atoms with Gasteiger partial charge in [-0.3, -0.25) is 9.59 Å². The van der Waals surface area contributed by atoms with E-state index in [1.807, 2.05) is 0 Å². The summed E-state index contributed by atoms with van der Waals surface area (Å²) >= 11 is 0. The van der Waals surface area contributed by atoms with Gasteiger partial charge in [-0.2, -0.15) is 0 Å². The molecule has 0 saturated carbocycles. The van der Waals surface area contributed by atoms with Crippen LogP contribution in [0.3, 0.4) is 0 Å². The highest BCUT2D eigenvalue weighted by Gasteiger charge is 2.32. The molecule has 7 heteroatoms. The Morgan fingerprint density at radius 1 is 1.41 bits per heavy atom. The number of nitrogens with one attached hydrogen (secondary N) is 1. The molecule has 0 bridgehead atoms. The van der Waals surface area contributed by atoms with Crippen LogP contribution in [0.4, 0.5) is 5.69 Å². The third-order valence-corrected chi connectivity index (χ3v) is 2.34. The average molecular weight is 238 g/mol. The number of nitrogens with zero attached hydrogens (tertiary/aromatic N) is 1. The predicted octanol–water partition coefficient (Wildman–Crippen LogP) is -0.0889. The number of morpholine rings is 1. The molecule has 2 amide bonds. The van der Waals surface area contributed by atoms with Gasteiger partial charge in [-0.05, 0) is 13.0 Å². The molecule has 0 atom stereocenters. The van der Waals surface area contributed by atoms with Gasteiger partial charge in [-0.25, -0.2) is 9.69 Å². The molecular weight excluding hydrogens is 228 g/mol. The molecule has 1 saturated heterocycles. The molecule has 0 radical (unpaired) electrons. The summed E-state index contributed by atoms with van der Waals surface area (Å²) in [5.74, 6) is -2.36. The maximum Gasteiger partial charge on any atom is 0.354 e. The lowest BCUT2D eigenvalue weighted by Crippen LogP contribution is -2.46. The van der Waals surface area contributed by atoms with Gasteiger partial charge in [-0.1, -0.05) is 0 Å². The van der Waals surface area contributed by atoms with E-state index in [0.717, 1.165) is 4.90 Å². The van der Waals surface area contributed by atoms with E-state index < -0.39 is 17.8 Å². The molecule has 0 unspecified atom stereocenters. The van der Waals surface area contributed by atoms with Crippen molar-refractivity contribution >= 4 is 23.5 Å². The minimum atomic E-state index is -1.22. The monoisotopic (exact) mass is 238 g/mol. The number of hydrogen-bond acceptors (Lipinski definition) is 4. The Labute approximate surface area is 96.0 Å². The number of carbonyl (C=O) groups is 3. The SMILES string of the molecule is Cc1cc(N2C(=O)COCC2=O)c(C(=O)O)[nH]1. The molecule has 1 aromatic rings. The number of aromatic amines is 1. The van der Waals surface area contributed by atoms with E-state index >= 15 is 0 Å². The lowest BCUT2D eigenvalue weighted by molar-refractivity contribution is -0.138. The third kappa shape index (κ3) is 1.92. The van der Waals surface area contributed by atoms with E-state index in [2.05, 4.69) is 4.98 Å². The van der Waals surface area contributed by atoms with Crippen molar-refractivity contribution in [2.75, 3.05) is 18.1 Å². The topological polar surface area (TPSA) is 99.7 Å². The lowest BCUT2D eigenvalue weighted by Gasteiger charge is -2.24. The summed E-state index contributed by atoms with van der Waals surface area (Å²) in [6, 6.07) is 1.45. The number of aromatic nitrogens is 1. The number of amides is 2. The molecule has 2 heterocycles. The Kier molecular flexibility index (Phi) is 2.68. The Bertz CT molecular complexity index is 489. The van der Waals surface area contributed by atoms with Crippen molar-refractivity contribution in [3.05, 3.63) is 17.5 Å². The molecule has 7 nitrogen and oxygen atoms in total. The first-order chi connectivity index (χ1) is 8.00. The first-order valence-corrected chi connectivity index (χ1v) is 4.87. The van der Waals surface area contributed by atoms with Gasteiger partial charge in [0, 0.05) is 5.69 Å². The number of hydrogen-bond donors (Lipinski definition) is 2. The predicted molar refractivity (Wildman–Crippen MR) is 55.8 cm³/mol. The largest absolute Gasteiger partial charge is 0.477 e. The van der Waals surface area contributed by atoms with Crippen molar-refractivity contribution < 1.29 is 24.2 Å². The van der Waals surface area contributed by atoms with Crippen LogP contribution in [0.25, 0.3) is 0 Å². The summed E-state index contributed by atoms with van der Waals surface area (Å²) in [6.07, 6.45) is 0. The summed E-state index contributed by atoms with van der Waals surface area (Å²) < 4.78 is 4.75. The first-order valence-electron chi connectivity index (χ1n) is 4.87. The van der Waals surface area contributed by atoms with Crippen LogP contribution in [0, 0.1) is 6.92 Å². The number of aryl methyl sites for hydroxylation is 1. The molecule has 2 N–H and O–H groups in total. The molecule has 0 aromatic carbocycles. The number of carbonyl (C=O) groups excluding carboxylic acids is 2. The van der Waals surface area contributed by atoms with Crippen molar-refractivity contribution in [1.29, 1.82) is 0 Å². The molecule has 2 rings (SSSR count). The Morgan fingerprint density at radius 2 is 2.00 bits per heavy atom. The second kappa shape index (κ2) is 4.02. The highest BCUT2D eigenvalue weighted by Crippen LogP contribution is 2.23. The van der Waals surface area contributed by atoms with E-state index in [0.29, 0.717) is 5.69 Å². The van der Waals surface area contributed by atoms with Crippen LogP contribution in [0.1, 0.15) is 16.2 Å². The number of rotatable bonds is 2. The molecule has 0 spiro atoms. The highest BCUT2D eigenvalue weighted by atomic mass is 16.5. The van der Waals surface area contributed by atoms with E-state index in [4.69, 9.17) is 9.84 Å². The summed E-state index contributed by atoms with van der Waals surface area (Å²) in [7, 11) is 0. The van der Waals surface area contributed by atoms with Gasteiger partial charge in [0.25, 0.3) is 11.8 Å². The van der Waals surface area contributed by atoms with Gasteiger partial charge in [0.15, 0.2) is 0 Å². The maximum absolute atomic E-state index is 11.6. The highest BCUT2D eigenvalue weighted by molar-refractivity contribution is 6.19. The van der Waals surface area contributed by atoms with Crippen LogP contribution < -0.4 is 4.90 Å². The molecule has 1 aliphatic heterocycles. The molecule has 90 valence electrons. The fourth-order valence-corrected chi connectivity index (χ4v) is 1.68. The lowest BCUT2D eigenvalue weighted by atomic mass is 10.2. The summed E-state index contributed by atoms with van der Waals surface area (Å²) in [6.45, 7) is 1.19. The molecule has 1 aliphatic rings. The molecule has 0 aliphatic carbocycles. The molecule has 1 aromatic heterocycles. The van der Waals surface area contributed by atoms with Crippen LogP contribution >= 0.6 is 0 Å². The number of carboxylic acids is 1. The van der Waals surface area contributed by atoms with Gasteiger partial charge in [-0.15, -0.1) is 0 Å². The van der Waals surface area contributed by atoms with E-state index in [-0.39, 0.29) is 24.6 Å². The number of aromatic carboxylic acids is 1. The van der Waals surface area contributed by atoms with Gasteiger partial charge in [0.05, 0.1) is 5.69 Å². The van der Waals surface area contributed by atoms with Crippen LogP contribution in [-0.2, 0) is 14.3 Å².